The number of rotatable bonds is 2. The third-order valence-electron chi connectivity index (χ3n) is 5.33. The summed E-state index contributed by atoms with van der Waals surface area (Å²) in [6.07, 6.45) is 0. The minimum Gasteiger partial charge on any atom is -0.507 e. The van der Waals surface area contributed by atoms with Crippen molar-refractivity contribution in [2.24, 2.45) is 0 Å². The zero-order chi connectivity index (χ0) is 16.7. The number of allylic oxidation sites excluding steroid dienone is 4. The Morgan fingerprint density at radius 1 is 0.739 bits per heavy atom. The average Bonchev–Trinajstić information content (AvgIpc) is 2.73. The molecule has 2 aromatic rings. The Morgan fingerprint density at radius 3 is 2.00 bits per heavy atom. The predicted octanol–water partition coefficient (Wildman–Crippen LogP) is 6.14. The molecule has 0 radical (unpaired) electrons. The number of hydrogen-bond donors (Lipinski definition) is 1. The zero-order valence-electron chi connectivity index (χ0n) is 14.6. The van der Waals surface area contributed by atoms with Crippen molar-refractivity contribution in [2.75, 3.05) is 0 Å². The quantitative estimate of drug-likeness (QED) is 0.706. The van der Waals surface area contributed by atoms with Crippen molar-refractivity contribution in [1.29, 1.82) is 0 Å². The highest BCUT2D eigenvalue weighted by atomic mass is 16.3. The van der Waals surface area contributed by atoms with E-state index in [0.29, 0.717) is 11.7 Å². The SMILES string of the molecule is CC1=C(C)C(c2ccccc2-c2cc(C)ccc2O)C(C)=C1C. The second-order valence-electron chi connectivity index (χ2n) is 6.66. The lowest BCUT2D eigenvalue weighted by Gasteiger charge is -2.20. The number of phenols is 1. The molecule has 0 amide bonds. The third kappa shape index (κ3) is 2.50. The lowest BCUT2D eigenvalue weighted by Crippen LogP contribution is -2.02. The van der Waals surface area contributed by atoms with Gasteiger partial charge in [0, 0.05) is 11.5 Å². The molecule has 1 N–H and O–H groups in total. The Morgan fingerprint density at radius 2 is 1.35 bits per heavy atom. The van der Waals surface area contributed by atoms with Crippen LogP contribution < -0.4 is 0 Å². The van der Waals surface area contributed by atoms with Crippen LogP contribution >= 0.6 is 0 Å². The summed E-state index contributed by atoms with van der Waals surface area (Å²) in [5, 5.41) is 10.4. The summed E-state index contributed by atoms with van der Waals surface area (Å²) in [4.78, 5) is 0. The molecule has 0 aliphatic heterocycles. The number of aromatic hydroxyl groups is 1. The Hall–Kier alpha value is -2.28. The molecule has 0 aromatic heterocycles. The van der Waals surface area contributed by atoms with Gasteiger partial charge >= 0.3 is 0 Å². The van der Waals surface area contributed by atoms with Gasteiger partial charge in [0.2, 0.25) is 0 Å². The number of phenolic OH excluding ortho intramolecular Hbond substituents is 1. The molecule has 23 heavy (non-hydrogen) atoms. The van der Waals surface area contributed by atoms with Gasteiger partial charge in [-0.2, -0.15) is 0 Å². The second kappa shape index (κ2) is 5.73. The summed E-state index contributed by atoms with van der Waals surface area (Å²) in [5.41, 5.74) is 10.1. The van der Waals surface area contributed by atoms with E-state index in [0.717, 1.165) is 16.7 Å². The minimum absolute atomic E-state index is 0.311. The normalized spacial score (nSPS) is 15.7. The average molecular weight is 304 g/mol. The van der Waals surface area contributed by atoms with Crippen molar-refractivity contribution in [3.63, 3.8) is 0 Å². The van der Waals surface area contributed by atoms with Crippen LogP contribution in [0.5, 0.6) is 5.75 Å². The summed E-state index contributed by atoms with van der Waals surface area (Å²) in [6.45, 7) is 10.9. The lowest BCUT2D eigenvalue weighted by atomic mass is 9.83. The summed E-state index contributed by atoms with van der Waals surface area (Å²) in [7, 11) is 0. The van der Waals surface area contributed by atoms with Crippen molar-refractivity contribution in [3.05, 3.63) is 75.9 Å². The molecule has 1 aliphatic rings. The molecule has 0 heterocycles. The molecule has 0 atom stereocenters. The van der Waals surface area contributed by atoms with Crippen LogP contribution in [0.4, 0.5) is 0 Å². The zero-order valence-corrected chi connectivity index (χ0v) is 14.6. The summed E-state index contributed by atoms with van der Waals surface area (Å²) in [6, 6.07) is 14.3. The molecule has 0 spiro atoms. The van der Waals surface area contributed by atoms with Crippen LogP contribution in [0.15, 0.2) is 64.8 Å². The van der Waals surface area contributed by atoms with Crippen LogP contribution in [-0.2, 0) is 0 Å². The van der Waals surface area contributed by atoms with Crippen LogP contribution in [0.1, 0.15) is 44.7 Å². The van der Waals surface area contributed by atoms with E-state index in [4.69, 9.17) is 0 Å². The highest BCUT2D eigenvalue weighted by molar-refractivity contribution is 5.76. The summed E-state index contributed by atoms with van der Waals surface area (Å²) in [5.74, 6) is 0.656. The van der Waals surface area contributed by atoms with Gasteiger partial charge < -0.3 is 5.11 Å². The Bertz CT molecular complexity index is 813. The molecular formula is C22H24O. The lowest BCUT2D eigenvalue weighted by molar-refractivity contribution is 0.477. The first-order valence-electron chi connectivity index (χ1n) is 8.16. The van der Waals surface area contributed by atoms with Gasteiger partial charge in [0.05, 0.1) is 0 Å². The fourth-order valence-corrected chi connectivity index (χ4v) is 3.68. The van der Waals surface area contributed by atoms with Gasteiger partial charge in [0.25, 0.3) is 0 Å². The van der Waals surface area contributed by atoms with E-state index >= 15 is 0 Å². The van der Waals surface area contributed by atoms with E-state index < -0.39 is 0 Å². The molecular weight excluding hydrogens is 280 g/mol. The van der Waals surface area contributed by atoms with Gasteiger partial charge in [0.1, 0.15) is 5.75 Å². The second-order valence-corrected chi connectivity index (χ2v) is 6.66. The van der Waals surface area contributed by atoms with Crippen LogP contribution in [0.25, 0.3) is 11.1 Å². The fraction of sp³-hybridized carbons (Fsp3) is 0.273. The maximum atomic E-state index is 10.4. The highest BCUT2D eigenvalue weighted by Crippen LogP contribution is 2.46. The fourth-order valence-electron chi connectivity index (χ4n) is 3.68. The van der Waals surface area contributed by atoms with Crippen molar-refractivity contribution < 1.29 is 5.11 Å². The van der Waals surface area contributed by atoms with Gasteiger partial charge in [-0.3, -0.25) is 0 Å². The molecule has 1 aliphatic carbocycles. The monoisotopic (exact) mass is 304 g/mol. The largest absolute Gasteiger partial charge is 0.507 e. The van der Waals surface area contributed by atoms with Gasteiger partial charge in [0.15, 0.2) is 0 Å². The topological polar surface area (TPSA) is 20.2 Å². The van der Waals surface area contributed by atoms with Crippen LogP contribution in [-0.4, -0.2) is 5.11 Å². The van der Waals surface area contributed by atoms with Gasteiger partial charge in [-0.1, -0.05) is 47.0 Å². The van der Waals surface area contributed by atoms with Gasteiger partial charge in [-0.15, -0.1) is 0 Å². The number of aryl methyl sites for hydroxylation is 1. The molecule has 2 aromatic carbocycles. The molecule has 3 rings (SSSR count). The third-order valence-corrected chi connectivity index (χ3v) is 5.33. The van der Waals surface area contributed by atoms with E-state index in [2.05, 4.69) is 58.9 Å². The summed E-state index contributed by atoms with van der Waals surface area (Å²) >= 11 is 0. The van der Waals surface area contributed by atoms with E-state index in [1.165, 1.54) is 27.9 Å². The Kier molecular flexibility index (Phi) is 3.89. The highest BCUT2D eigenvalue weighted by Gasteiger charge is 2.28. The Labute approximate surface area is 139 Å². The molecule has 118 valence electrons. The number of benzene rings is 2. The van der Waals surface area contributed by atoms with E-state index in [1.807, 2.05) is 12.1 Å². The summed E-state index contributed by atoms with van der Waals surface area (Å²) < 4.78 is 0. The van der Waals surface area contributed by atoms with Crippen LogP contribution in [0, 0.1) is 6.92 Å². The standard InChI is InChI=1S/C22H24O/c1-13-10-11-21(23)20(12-13)18-8-6-7-9-19(18)22-16(4)14(2)15(3)17(22)5/h6-12,22-23H,1-5H3. The first-order valence-corrected chi connectivity index (χ1v) is 8.16. The molecule has 0 saturated carbocycles. The maximum Gasteiger partial charge on any atom is 0.123 e. The molecule has 0 saturated heterocycles. The smallest absolute Gasteiger partial charge is 0.123 e. The number of hydrogen-bond acceptors (Lipinski definition) is 1. The van der Waals surface area contributed by atoms with Crippen LogP contribution in [0.2, 0.25) is 0 Å². The van der Waals surface area contributed by atoms with E-state index in [9.17, 15) is 5.11 Å². The van der Waals surface area contributed by atoms with Crippen molar-refractivity contribution in [2.45, 2.75) is 40.5 Å². The molecule has 1 heteroatoms. The molecule has 1 nitrogen and oxygen atoms in total. The van der Waals surface area contributed by atoms with E-state index in [1.54, 1.807) is 6.07 Å². The van der Waals surface area contributed by atoms with Crippen LogP contribution in [0.3, 0.4) is 0 Å². The molecule has 0 unspecified atom stereocenters. The Balaban J connectivity index is 2.23. The maximum absolute atomic E-state index is 10.4. The van der Waals surface area contributed by atoms with Crippen molar-refractivity contribution in [1.82, 2.24) is 0 Å². The predicted molar refractivity (Wildman–Crippen MR) is 97.8 cm³/mol. The van der Waals surface area contributed by atoms with Gasteiger partial charge in [-0.05, 0) is 69.0 Å². The van der Waals surface area contributed by atoms with Crippen molar-refractivity contribution >= 4 is 0 Å². The molecule has 0 fully saturated rings. The van der Waals surface area contributed by atoms with Crippen molar-refractivity contribution in [3.8, 4) is 16.9 Å². The minimum atomic E-state index is 0.311. The molecule has 0 bridgehead atoms. The first kappa shape index (κ1) is 15.6. The first-order chi connectivity index (χ1) is 10.9. The van der Waals surface area contributed by atoms with E-state index in [-0.39, 0.29) is 0 Å². The van der Waals surface area contributed by atoms with Gasteiger partial charge in [-0.25, -0.2) is 0 Å².